The number of pyridine rings is 1. The topological polar surface area (TPSA) is 30.0 Å². The molecule has 0 bridgehead atoms. The third kappa shape index (κ3) is 2.62. The standard InChI is InChI=1S/C12H5Cl4NO/c13-7-2-9(15)11(10(16)3-7)12-6(5-18)1-8(14)4-17-12/h1-5H. The van der Waals surface area contributed by atoms with Crippen molar-refractivity contribution in [1.82, 2.24) is 4.98 Å². The number of rotatable bonds is 2. The van der Waals surface area contributed by atoms with Crippen molar-refractivity contribution in [3.05, 3.63) is 50.0 Å². The van der Waals surface area contributed by atoms with Crippen LogP contribution in [0.5, 0.6) is 0 Å². The molecule has 2 rings (SSSR count). The molecule has 0 unspecified atom stereocenters. The summed E-state index contributed by atoms with van der Waals surface area (Å²) in [6.45, 7) is 0. The summed E-state index contributed by atoms with van der Waals surface area (Å²) in [5.41, 5.74) is 1.15. The first-order valence-corrected chi connectivity index (χ1v) is 6.29. The van der Waals surface area contributed by atoms with Crippen LogP contribution in [0, 0.1) is 0 Å². The van der Waals surface area contributed by atoms with Crippen molar-refractivity contribution in [3.8, 4) is 11.3 Å². The SMILES string of the molecule is O=Cc1cc(Cl)cnc1-c1c(Cl)cc(Cl)cc1Cl. The van der Waals surface area contributed by atoms with Crippen LogP contribution in [0.25, 0.3) is 11.3 Å². The summed E-state index contributed by atoms with van der Waals surface area (Å²) >= 11 is 23.8. The van der Waals surface area contributed by atoms with E-state index in [1.165, 1.54) is 24.4 Å². The van der Waals surface area contributed by atoms with E-state index in [0.29, 0.717) is 43.2 Å². The minimum absolute atomic E-state index is 0.314. The second-order valence-electron chi connectivity index (χ2n) is 3.45. The molecule has 18 heavy (non-hydrogen) atoms. The Hall–Kier alpha value is -0.800. The molecule has 0 atom stereocenters. The maximum Gasteiger partial charge on any atom is 0.152 e. The van der Waals surface area contributed by atoms with E-state index < -0.39 is 0 Å². The smallest absolute Gasteiger partial charge is 0.152 e. The highest BCUT2D eigenvalue weighted by Crippen LogP contribution is 2.37. The molecule has 0 fully saturated rings. The van der Waals surface area contributed by atoms with Gasteiger partial charge in [0.05, 0.1) is 20.8 Å². The number of carbonyl (C=O) groups excluding carboxylic acids is 1. The van der Waals surface area contributed by atoms with Gasteiger partial charge in [-0.15, -0.1) is 0 Å². The van der Waals surface area contributed by atoms with Crippen LogP contribution in [-0.2, 0) is 0 Å². The van der Waals surface area contributed by atoms with Gasteiger partial charge in [-0.05, 0) is 18.2 Å². The van der Waals surface area contributed by atoms with Crippen molar-refractivity contribution in [2.24, 2.45) is 0 Å². The molecule has 0 N–H and O–H groups in total. The second-order valence-corrected chi connectivity index (χ2v) is 5.14. The molecule has 2 aromatic rings. The quantitative estimate of drug-likeness (QED) is 0.714. The number of halogens is 4. The summed E-state index contributed by atoms with van der Waals surface area (Å²) in [6.07, 6.45) is 2.07. The molecule has 0 spiro atoms. The first-order valence-electron chi connectivity index (χ1n) is 4.78. The van der Waals surface area contributed by atoms with E-state index in [0.717, 1.165) is 0 Å². The van der Waals surface area contributed by atoms with Gasteiger partial charge >= 0.3 is 0 Å². The van der Waals surface area contributed by atoms with E-state index in [4.69, 9.17) is 46.4 Å². The average molecular weight is 321 g/mol. The monoisotopic (exact) mass is 319 g/mol. The lowest BCUT2D eigenvalue weighted by Crippen LogP contribution is -1.93. The zero-order valence-corrected chi connectivity index (χ0v) is 11.8. The Labute approximate surface area is 123 Å². The second kappa shape index (κ2) is 5.45. The lowest BCUT2D eigenvalue weighted by molar-refractivity contribution is 0.112. The third-order valence-electron chi connectivity index (χ3n) is 2.25. The summed E-state index contributed by atoms with van der Waals surface area (Å²) in [6, 6.07) is 4.57. The molecule has 0 aliphatic rings. The molecule has 0 amide bonds. The minimum atomic E-state index is 0.314. The minimum Gasteiger partial charge on any atom is -0.298 e. The average Bonchev–Trinajstić information content (AvgIpc) is 2.29. The normalized spacial score (nSPS) is 10.4. The molecular weight excluding hydrogens is 316 g/mol. The van der Waals surface area contributed by atoms with E-state index in [9.17, 15) is 4.79 Å². The molecule has 1 heterocycles. The Bertz CT molecular complexity index is 604. The third-order valence-corrected chi connectivity index (χ3v) is 3.28. The largest absolute Gasteiger partial charge is 0.298 e. The van der Waals surface area contributed by atoms with Crippen molar-refractivity contribution in [2.45, 2.75) is 0 Å². The molecular formula is C12H5Cl4NO. The van der Waals surface area contributed by atoms with Crippen molar-refractivity contribution >= 4 is 52.7 Å². The van der Waals surface area contributed by atoms with Crippen LogP contribution in [0.15, 0.2) is 24.4 Å². The molecule has 0 aliphatic carbocycles. The number of nitrogens with zero attached hydrogens (tertiary/aromatic N) is 1. The van der Waals surface area contributed by atoms with Crippen LogP contribution < -0.4 is 0 Å². The molecule has 1 aromatic carbocycles. The fraction of sp³-hybridized carbons (Fsp3) is 0. The molecule has 0 aliphatic heterocycles. The van der Waals surface area contributed by atoms with Gasteiger partial charge in [0.15, 0.2) is 6.29 Å². The molecule has 92 valence electrons. The first-order chi connectivity index (χ1) is 8.52. The Morgan fingerprint density at radius 1 is 0.944 bits per heavy atom. The van der Waals surface area contributed by atoms with Gasteiger partial charge in [0.25, 0.3) is 0 Å². The van der Waals surface area contributed by atoms with Crippen LogP contribution >= 0.6 is 46.4 Å². The predicted molar refractivity (Wildman–Crippen MR) is 75.1 cm³/mol. The van der Waals surface area contributed by atoms with Crippen molar-refractivity contribution in [1.29, 1.82) is 0 Å². The number of hydrogen-bond donors (Lipinski definition) is 0. The van der Waals surface area contributed by atoms with E-state index in [-0.39, 0.29) is 0 Å². The van der Waals surface area contributed by atoms with E-state index >= 15 is 0 Å². The summed E-state index contributed by atoms with van der Waals surface area (Å²) < 4.78 is 0. The first kappa shape index (κ1) is 13.6. The van der Waals surface area contributed by atoms with Gasteiger partial charge in [0, 0.05) is 22.3 Å². The highest BCUT2D eigenvalue weighted by molar-refractivity contribution is 6.42. The molecule has 0 saturated carbocycles. The number of hydrogen-bond acceptors (Lipinski definition) is 2. The molecule has 0 saturated heterocycles. The molecule has 6 heteroatoms. The van der Waals surface area contributed by atoms with Crippen LogP contribution in [0.4, 0.5) is 0 Å². The zero-order valence-electron chi connectivity index (χ0n) is 8.75. The summed E-state index contributed by atoms with van der Waals surface area (Å²) in [5, 5.41) is 1.42. The Kier molecular flexibility index (Phi) is 4.13. The van der Waals surface area contributed by atoms with Crippen molar-refractivity contribution in [2.75, 3.05) is 0 Å². The predicted octanol–water partition coefficient (Wildman–Crippen LogP) is 5.17. The number of aromatic nitrogens is 1. The number of aldehydes is 1. The van der Waals surface area contributed by atoms with Gasteiger partial charge in [0.1, 0.15) is 0 Å². The van der Waals surface area contributed by atoms with Crippen molar-refractivity contribution in [3.63, 3.8) is 0 Å². The van der Waals surface area contributed by atoms with Crippen LogP contribution in [0.1, 0.15) is 10.4 Å². The van der Waals surface area contributed by atoms with Gasteiger partial charge in [-0.1, -0.05) is 46.4 Å². The summed E-state index contributed by atoms with van der Waals surface area (Å²) in [5.74, 6) is 0. The Morgan fingerprint density at radius 2 is 1.56 bits per heavy atom. The maximum absolute atomic E-state index is 11.0. The highest BCUT2D eigenvalue weighted by atomic mass is 35.5. The van der Waals surface area contributed by atoms with E-state index in [1.54, 1.807) is 0 Å². The molecule has 1 aromatic heterocycles. The summed E-state index contributed by atoms with van der Waals surface area (Å²) in [4.78, 5) is 15.1. The van der Waals surface area contributed by atoms with Crippen molar-refractivity contribution < 1.29 is 4.79 Å². The fourth-order valence-electron chi connectivity index (χ4n) is 1.52. The fourth-order valence-corrected chi connectivity index (χ4v) is 2.68. The Morgan fingerprint density at radius 3 is 2.11 bits per heavy atom. The zero-order chi connectivity index (χ0) is 13.3. The van der Waals surface area contributed by atoms with Gasteiger partial charge in [-0.2, -0.15) is 0 Å². The molecule has 2 nitrogen and oxygen atoms in total. The maximum atomic E-state index is 11.0. The van der Waals surface area contributed by atoms with Gasteiger partial charge < -0.3 is 0 Å². The van der Waals surface area contributed by atoms with E-state index in [1.807, 2.05) is 0 Å². The summed E-state index contributed by atoms with van der Waals surface area (Å²) in [7, 11) is 0. The lowest BCUT2D eigenvalue weighted by atomic mass is 10.1. The van der Waals surface area contributed by atoms with Crippen LogP contribution in [0.3, 0.4) is 0 Å². The highest BCUT2D eigenvalue weighted by Gasteiger charge is 2.15. The van der Waals surface area contributed by atoms with Gasteiger partial charge in [-0.25, -0.2) is 0 Å². The van der Waals surface area contributed by atoms with Crippen LogP contribution in [0.2, 0.25) is 20.1 Å². The number of benzene rings is 1. The Balaban J connectivity index is 2.73. The number of carbonyl (C=O) groups is 1. The van der Waals surface area contributed by atoms with Crippen LogP contribution in [-0.4, -0.2) is 11.3 Å². The van der Waals surface area contributed by atoms with Gasteiger partial charge in [0.2, 0.25) is 0 Å². The van der Waals surface area contributed by atoms with Gasteiger partial charge in [-0.3, -0.25) is 9.78 Å². The van der Waals surface area contributed by atoms with E-state index in [2.05, 4.69) is 4.98 Å². The lowest BCUT2D eigenvalue weighted by Gasteiger charge is -2.09. The molecule has 0 radical (unpaired) electrons.